The molecule has 92 valence electrons. The van der Waals surface area contributed by atoms with E-state index in [1.54, 1.807) is 11.3 Å². The van der Waals surface area contributed by atoms with Crippen LogP contribution in [0, 0.1) is 5.92 Å². The number of alkyl halides is 1. The van der Waals surface area contributed by atoms with Gasteiger partial charge in [-0.15, -0.1) is 11.3 Å². The number of nitrogens with one attached hydrogen (secondary N) is 1. The third-order valence-corrected chi connectivity index (χ3v) is 5.07. The molecule has 0 bridgehead atoms. The van der Waals surface area contributed by atoms with Crippen molar-refractivity contribution in [3.8, 4) is 0 Å². The van der Waals surface area contributed by atoms with Crippen LogP contribution >= 0.6 is 27.3 Å². The van der Waals surface area contributed by atoms with Crippen molar-refractivity contribution in [3.05, 3.63) is 29.3 Å². The van der Waals surface area contributed by atoms with Crippen molar-refractivity contribution in [2.45, 2.75) is 26.4 Å². The van der Waals surface area contributed by atoms with Crippen molar-refractivity contribution in [3.63, 3.8) is 0 Å². The van der Waals surface area contributed by atoms with Gasteiger partial charge in [0.2, 0.25) is 0 Å². The van der Waals surface area contributed by atoms with Gasteiger partial charge in [0.1, 0.15) is 5.01 Å². The van der Waals surface area contributed by atoms with Gasteiger partial charge in [-0.25, -0.2) is 4.98 Å². The maximum absolute atomic E-state index is 4.61. The van der Waals surface area contributed by atoms with Crippen LogP contribution in [-0.2, 0) is 6.54 Å². The number of halogens is 1. The molecule has 0 radical (unpaired) electrons. The Labute approximate surface area is 115 Å². The summed E-state index contributed by atoms with van der Waals surface area (Å²) in [7, 11) is 0. The zero-order chi connectivity index (χ0) is 12.3. The Kier molecular flexibility index (Phi) is 4.54. The number of rotatable bonds is 5. The van der Waals surface area contributed by atoms with Crippen molar-refractivity contribution in [2.24, 2.45) is 5.92 Å². The standard InChI is InChI=1S/C13H17BrN2S/c1-9(7-14)10(2)15-8-13-16-11-5-3-4-6-12(11)17-13/h3-6,9-10,15H,7-8H2,1-2H3. The molecule has 2 nitrogen and oxygen atoms in total. The van der Waals surface area contributed by atoms with E-state index in [0.29, 0.717) is 12.0 Å². The van der Waals surface area contributed by atoms with Crippen LogP contribution in [0.1, 0.15) is 18.9 Å². The predicted molar refractivity (Wildman–Crippen MR) is 78.9 cm³/mol. The molecule has 17 heavy (non-hydrogen) atoms. The highest BCUT2D eigenvalue weighted by Crippen LogP contribution is 2.21. The molecule has 0 aliphatic carbocycles. The Morgan fingerprint density at radius 1 is 1.35 bits per heavy atom. The Morgan fingerprint density at radius 3 is 2.82 bits per heavy atom. The molecule has 0 amide bonds. The summed E-state index contributed by atoms with van der Waals surface area (Å²) >= 11 is 5.29. The van der Waals surface area contributed by atoms with Crippen LogP contribution in [0.4, 0.5) is 0 Å². The first-order valence-electron chi connectivity index (χ1n) is 5.84. The molecule has 2 rings (SSSR count). The molecule has 0 saturated heterocycles. The fourth-order valence-corrected chi connectivity index (χ4v) is 3.06. The third-order valence-electron chi connectivity index (χ3n) is 3.01. The number of fused-ring (bicyclic) bond motifs is 1. The van der Waals surface area contributed by atoms with E-state index in [9.17, 15) is 0 Å². The van der Waals surface area contributed by atoms with Crippen molar-refractivity contribution in [1.29, 1.82) is 0 Å². The molecule has 1 aromatic carbocycles. The smallest absolute Gasteiger partial charge is 0.108 e. The minimum absolute atomic E-state index is 0.501. The summed E-state index contributed by atoms with van der Waals surface area (Å²) in [5.74, 6) is 0.629. The van der Waals surface area contributed by atoms with Crippen LogP contribution in [-0.4, -0.2) is 16.4 Å². The normalized spacial score (nSPS) is 15.0. The van der Waals surface area contributed by atoms with Gasteiger partial charge in [-0.05, 0) is 25.0 Å². The van der Waals surface area contributed by atoms with Crippen molar-refractivity contribution < 1.29 is 0 Å². The molecular formula is C13H17BrN2S. The molecular weight excluding hydrogens is 296 g/mol. The SMILES string of the molecule is CC(CBr)C(C)NCc1nc2ccccc2s1. The number of hydrogen-bond donors (Lipinski definition) is 1. The Balaban J connectivity index is 1.99. The first kappa shape index (κ1) is 13.0. The molecule has 0 fully saturated rings. The second-order valence-corrected chi connectivity index (χ2v) is 6.14. The lowest BCUT2D eigenvalue weighted by atomic mass is 10.1. The van der Waals surface area contributed by atoms with Crippen LogP contribution in [0.15, 0.2) is 24.3 Å². The lowest BCUT2D eigenvalue weighted by molar-refractivity contribution is 0.433. The summed E-state index contributed by atoms with van der Waals surface area (Å²) in [6.07, 6.45) is 0. The van der Waals surface area contributed by atoms with Crippen LogP contribution in [0.3, 0.4) is 0 Å². The highest BCUT2D eigenvalue weighted by atomic mass is 79.9. The lowest BCUT2D eigenvalue weighted by Gasteiger charge is -2.18. The Morgan fingerprint density at radius 2 is 2.12 bits per heavy atom. The number of para-hydroxylation sites is 1. The molecule has 1 N–H and O–H groups in total. The molecule has 4 heteroatoms. The molecule has 0 saturated carbocycles. The monoisotopic (exact) mass is 312 g/mol. The van der Waals surface area contributed by atoms with Gasteiger partial charge in [0.25, 0.3) is 0 Å². The predicted octanol–water partition coefficient (Wildman–Crippen LogP) is 3.81. The molecule has 0 aliphatic heterocycles. The third kappa shape index (κ3) is 3.27. The summed E-state index contributed by atoms with van der Waals surface area (Å²) in [4.78, 5) is 4.61. The number of benzene rings is 1. The minimum atomic E-state index is 0.501. The fourth-order valence-electron chi connectivity index (χ4n) is 1.58. The zero-order valence-corrected chi connectivity index (χ0v) is 12.5. The van der Waals surface area contributed by atoms with Gasteiger partial charge >= 0.3 is 0 Å². The average Bonchev–Trinajstić information content (AvgIpc) is 2.77. The van der Waals surface area contributed by atoms with Crippen molar-refractivity contribution >= 4 is 37.5 Å². The number of aromatic nitrogens is 1. The second-order valence-electron chi connectivity index (χ2n) is 4.38. The first-order chi connectivity index (χ1) is 8.20. The molecule has 2 unspecified atom stereocenters. The Hall–Kier alpha value is -0.450. The van der Waals surface area contributed by atoms with Gasteiger partial charge in [-0.3, -0.25) is 0 Å². The number of nitrogens with zero attached hydrogens (tertiary/aromatic N) is 1. The Bertz CT molecular complexity index is 450. The first-order valence-corrected chi connectivity index (χ1v) is 7.78. The summed E-state index contributed by atoms with van der Waals surface area (Å²) < 4.78 is 1.27. The molecule has 1 aromatic heterocycles. The summed E-state index contributed by atoms with van der Waals surface area (Å²) in [6.45, 7) is 5.32. The van der Waals surface area contributed by atoms with Gasteiger partial charge in [0.05, 0.1) is 10.2 Å². The van der Waals surface area contributed by atoms with E-state index in [0.717, 1.165) is 17.4 Å². The summed E-state index contributed by atoms with van der Waals surface area (Å²) in [5.41, 5.74) is 1.11. The maximum Gasteiger partial charge on any atom is 0.108 e. The molecule has 2 aromatic rings. The fraction of sp³-hybridized carbons (Fsp3) is 0.462. The van der Waals surface area contributed by atoms with E-state index in [1.165, 1.54) is 9.71 Å². The minimum Gasteiger partial charge on any atom is -0.308 e. The molecule has 1 heterocycles. The van der Waals surface area contributed by atoms with Crippen LogP contribution in [0.5, 0.6) is 0 Å². The van der Waals surface area contributed by atoms with Crippen LogP contribution in [0.2, 0.25) is 0 Å². The zero-order valence-electron chi connectivity index (χ0n) is 10.1. The summed E-state index contributed by atoms with van der Waals surface area (Å²) in [6, 6.07) is 8.80. The largest absolute Gasteiger partial charge is 0.308 e. The quantitative estimate of drug-likeness (QED) is 0.849. The van der Waals surface area contributed by atoms with E-state index < -0.39 is 0 Å². The topological polar surface area (TPSA) is 24.9 Å². The molecule has 0 spiro atoms. The van der Waals surface area contributed by atoms with E-state index >= 15 is 0 Å². The van der Waals surface area contributed by atoms with E-state index in [4.69, 9.17) is 0 Å². The van der Waals surface area contributed by atoms with Gasteiger partial charge in [0, 0.05) is 17.9 Å². The van der Waals surface area contributed by atoms with Gasteiger partial charge < -0.3 is 5.32 Å². The number of thiazole rings is 1. The van der Waals surface area contributed by atoms with E-state index in [2.05, 4.69) is 58.3 Å². The maximum atomic E-state index is 4.61. The number of hydrogen-bond acceptors (Lipinski definition) is 3. The molecule has 2 atom stereocenters. The second kappa shape index (κ2) is 5.94. The highest BCUT2D eigenvalue weighted by molar-refractivity contribution is 9.09. The van der Waals surface area contributed by atoms with Crippen LogP contribution in [0.25, 0.3) is 10.2 Å². The van der Waals surface area contributed by atoms with Crippen LogP contribution < -0.4 is 5.32 Å². The van der Waals surface area contributed by atoms with Gasteiger partial charge in [-0.2, -0.15) is 0 Å². The highest BCUT2D eigenvalue weighted by Gasteiger charge is 2.11. The summed E-state index contributed by atoms with van der Waals surface area (Å²) in [5, 5.41) is 5.72. The van der Waals surface area contributed by atoms with E-state index in [-0.39, 0.29) is 0 Å². The average molecular weight is 313 g/mol. The lowest BCUT2D eigenvalue weighted by Crippen LogP contribution is -2.32. The molecule has 0 aliphatic rings. The van der Waals surface area contributed by atoms with Crippen molar-refractivity contribution in [1.82, 2.24) is 10.3 Å². The van der Waals surface area contributed by atoms with E-state index in [1.807, 2.05) is 6.07 Å². The van der Waals surface area contributed by atoms with Gasteiger partial charge in [0.15, 0.2) is 0 Å². The van der Waals surface area contributed by atoms with Gasteiger partial charge in [-0.1, -0.05) is 35.0 Å². The van der Waals surface area contributed by atoms with Crippen molar-refractivity contribution in [2.75, 3.05) is 5.33 Å².